The van der Waals surface area contributed by atoms with E-state index in [-0.39, 0.29) is 0 Å². The SMILES string of the molecule is CCCCCCCCCCC1=C2CCC(C1)C2. The highest BCUT2D eigenvalue weighted by Gasteiger charge is 2.29. The molecule has 2 rings (SSSR count). The van der Waals surface area contributed by atoms with E-state index < -0.39 is 0 Å². The van der Waals surface area contributed by atoms with Crippen LogP contribution in [0, 0.1) is 5.92 Å². The monoisotopic (exact) mass is 234 g/mol. The molecule has 0 heterocycles. The van der Waals surface area contributed by atoms with E-state index in [4.69, 9.17) is 0 Å². The summed E-state index contributed by atoms with van der Waals surface area (Å²) in [4.78, 5) is 0. The third-order valence-electron chi connectivity index (χ3n) is 4.76. The Morgan fingerprint density at radius 3 is 2.18 bits per heavy atom. The highest BCUT2D eigenvalue weighted by atomic mass is 14.3. The van der Waals surface area contributed by atoms with Crippen molar-refractivity contribution < 1.29 is 0 Å². The second-order valence-corrected chi connectivity index (χ2v) is 6.24. The molecular weight excluding hydrogens is 204 g/mol. The van der Waals surface area contributed by atoms with Gasteiger partial charge in [-0.3, -0.25) is 0 Å². The first-order valence-corrected chi connectivity index (χ1v) is 8.10. The molecule has 0 aromatic heterocycles. The minimum Gasteiger partial charge on any atom is -0.0707 e. The summed E-state index contributed by atoms with van der Waals surface area (Å²) >= 11 is 0. The summed E-state index contributed by atoms with van der Waals surface area (Å²) in [7, 11) is 0. The number of fused-ring (bicyclic) bond motifs is 2. The second kappa shape index (κ2) is 7.24. The van der Waals surface area contributed by atoms with Crippen molar-refractivity contribution in [1.29, 1.82) is 0 Å². The van der Waals surface area contributed by atoms with Gasteiger partial charge in [0.05, 0.1) is 0 Å². The Bertz CT molecular complexity index is 249. The van der Waals surface area contributed by atoms with Crippen molar-refractivity contribution in [1.82, 2.24) is 0 Å². The first kappa shape index (κ1) is 13.2. The van der Waals surface area contributed by atoms with E-state index in [1.807, 2.05) is 11.1 Å². The molecule has 1 atom stereocenters. The van der Waals surface area contributed by atoms with Crippen LogP contribution in [0.15, 0.2) is 11.1 Å². The standard InChI is InChI=1S/C17H30/c1-2-3-4-5-6-7-8-9-10-16-13-15-11-12-17(16)14-15/h15H,2-14H2,1H3. The van der Waals surface area contributed by atoms with Crippen molar-refractivity contribution in [2.24, 2.45) is 5.92 Å². The summed E-state index contributed by atoms with van der Waals surface area (Å²) in [6.45, 7) is 2.30. The van der Waals surface area contributed by atoms with Gasteiger partial charge >= 0.3 is 0 Å². The van der Waals surface area contributed by atoms with Crippen molar-refractivity contribution in [2.75, 3.05) is 0 Å². The maximum atomic E-state index is 2.30. The van der Waals surface area contributed by atoms with E-state index in [1.165, 1.54) is 83.5 Å². The molecule has 0 saturated heterocycles. The Hall–Kier alpha value is -0.260. The van der Waals surface area contributed by atoms with Gasteiger partial charge in [-0.1, -0.05) is 63.0 Å². The Morgan fingerprint density at radius 2 is 1.59 bits per heavy atom. The molecule has 0 nitrogen and oxygen atoms in total. The average molecular weight is 234 g/mol. The molecule has 0 heteroatoms. The van der Waals surface area contributed by atoms with Gasteiger partial charge < -0.3 is 0 Å². The maximum absolute atomic E-state index is 2.30. The molecule has 98 valence electrons. The van der Waals surface area contributed by atoms with Crippen molar-refractivity contribution in [3.63, 3.8) is 0 Å². The van der Waals surface area contributed by atoms with Gasteiger partial charge in [0.25, 0.3) is 0 Å². The van der Waals surface area contributed by atoms with Gasteiger partial charge in [0.15, 0.2) is 0 Å². The molecule has 0 aliphatic heterocycles. The largest absolute Gasteiger partial charge is 0.0707 e. The molecule has 2 aliphatic rings. The lowest BCUT2D eigenvalue weighted by Crippen LogP contribution is -1.94. The summed E-state index contributed by atoms with van der Waals surface area (Å²) in [5, 5.41) is 0. The number of allylic oxidation sites excluding steroid dienone is 2. The molecule has 0 spiro atoms. The summed E-state index contributed by atoms with van der Waals surface area (Å²) in [5.74, 6) is 1.08. The Labute approximate surface area is 108 Å². The van der Waals surface area contributed by atoms with Crippen LogP contribution in [-0.4, -0.2) is 0 Å². The second-order valence-electron chi connectivity index (χ2n) is 6.24. The third-order valence-corrected chi connectivity index (χ3v) is 4.76. The number of hydrogen-bond donors (Lipinski definition) is 0. The van der Waals surface area contributed by atoms with Crippen molar-refractivity contribution in [2.45, 2.75) is 90.4 Å². The number of hydrogen-bond acceptors (Lipinski definition) is 0. The molecule has 0 N–H and O–H groups in total. The fourth-order valence-electron chi connectivity index (χ4n) is 3.67. The summed E-state index contributed by atoms with van der Waals surface area (Å²) in [6, 6.07) is 0. The van der Waals surface area contributed by atoms with Gasteiger partial charge in [-0.25, -0.2) is 0 Å². The first-order valence-electron chi connectivity index (χ1n) is 8.10. The fourth-order valence-corrected chi connectivity index (χ4v) is 3.67. The minimum atomic E-state index is 1.08. The smallest absolute Gasteiger partial charge is 0.0286 e. The van der Waals surface area contributed by atoms with Crippen molar-refractivity contribution in [3.05, 3.63) is 11.1 Å². The topological polar surface area (TPSA) is 0 Å². The van der Waals surface area contributed by atoms with Crippen LogP contribution in [0.2, 0.25) is 0 Å². The normalized spacial score (nSPS) is 22.8. The van der Waals surface area contributed by atoms with E-state index >= 15 is 0 Å². The van der Waals surface area contributed by atoms with Gasteiger partial charge in [-0.2, -0.15) is 0 Å². The minimum absolute atomic E-state index is 1.08. The zero-order valence-electron chi connectivity index (χ0n) is 11.8. The molecule has 2 bridgehead atoms. The maximum Gasteiger partial charge on any atom is -0.0286 e. The van der Waals surface area contributed by atoms with Crippen molar-refractivity contribution >= 4 is 0 Å². The van der Waals surface area contributed by atoms with Crippen LogP contribution in [0.4, 0.5) is 0 Å². The quantitative estimate of drug-likeness (QED) is 0.338. The summed E-state index contributed by atoms with van der Waals surface area (Å²) < 4.78 is 0. The zero-order chi connectivity index (χ0) is 11.9. The van der Waals surface area contributed by atoms with Crippen molar-refractivity contribution in [3.8, 4) is 0 Å². The van der Waals surface area contributed by atoms with Crippen LogP contribution in [0.5, 0.6) is 0 Å². The molecule has 0 radical (unpaired) electrons. The van der Waals surface area contributed by atoms with E-state index in [0.29, 0.717) is 0 Å². The molecule has 0 aromatic carbocycles. The Kier molecular flexibility index (Phi) is 5.61. The van der Waals surface area contributed by atoms with Gasteiger partial charge in [0.2, 0.25) is 0 Å². The molecular formula is C17H30. The number of rotatable bonds is 9. The van der Waals surface area contributed by atoms with Gasteiger partial charge in [0.1, 0.15) is 0 Å². The summed E-state index contributed by atoms with van der Waals surface area (Å²) in [5.41, 5.74) is 3.75. The zero-order valence-corrected chi connectivity index (χ0v) is 11.8. The van der Waals surface area contributed by atoms with Crippen LogP contribution < -0.4 is 0 Å². The highest BCUT2D eigenvalue weighted by molar-refractivity contribution is 5.25. The number of unbranched alkanes of at least 4 members (excludes halogenated alkanes) is 7. The van der Waals surface area contributed by atoms with Gasteiger partial charge in [-0.05, 0) is 44.4 Å². The Balaban J connectivity index is 1.44. The molecule has 0 aromatic rings. The summed E-state index contributed by atoms with van der Waals surface area (Å²) in [6.07, 6.45) is 19.0. The lowest BCUT2D eigenvalue weighted by atomic mass is 9.95. The van der Waals surface area contributed by atoms with Gasteiger partial charge in [0, 0.05) is 0 Å². The predicted molar refractivity (Wildman–Crippen MR) is 76.2 cm³/mol. The first-order chi connectivity index (χ1) is 8.40. The molecule has 17 heavy (non-hydrogen) atoms. The fraction of sp³-hybridized carbons (Fsp3) is 0.882. The molecule has 2 aliphatic carbocycles. The van der Waals surface area contributed by atoms with Crippen LogP contribution in [0.3, 0.4) is 0 Å². The van der Waals surface area contributed by atoms with Crippen LogP contribution in [-0.2, 0) is 0 Å². The predicted octanol–water partition coefficient (Wildman–Crippen LogP) is 6.02. The van der Waals surface area contributed by atoms with E-state index in [1.54, 1.807) is 0 Å². The lowest BCUT2D eigenvalue weighted by molar-refractivity contribution is 0.538. The molecule has 1 unspecified atom stereocenters. The third kappa shape index (κ3) is 4.16. The molecule has 1 fully saturated rings. The van der Waals surface area contributed by atoms with E-state index in [0.717, 1.165) is 5.92 Å². The average Bonchev–Trinajstić information content (AvgIpc) is 2.94. The van der Waals surface area contributed by atoms with Crippen LogP contribution in [0.1, 0.15) is 90.4 Å². The van der Waals surface area contributed by atoms with E-state index in [2.05, 4.69) is 6.92 Å². The lowest BCUT2D eigenvalue weighted by Gasteiger charge is -2.11. The Morgan fingerprint density at radius 1 is 0.882 bits per heavy atom. The molecule has 1 saturated carbocycles. The highest BCUT2D eigenvalue weighted by Crippen LogP contribution is 2.45. The van der Waals surface area contributed by atoms with Gasteiger partial charge in [-0.15, -0.1) is 0 Å². The van der Waals surface area contributed by atoms with E-state index in [9.17, 15) is 0 Å². The van der Waals surface area contributed by atoms with Crippen LogP contribution in [0.25, 0.3) is 0 Å². The van der Waals surface area contributed by atoms with Crippen LogP contribution >= 0.6 is 0 Å². The molecule has 0 amide bonds.